The quantitative estimate of drug-likeness (QED) is 0.843. The number of carboxylic acids is 1. The number of hydrogen-bond acceptors (Lipinski definition) is 2. The van der Waals surface area contributed by atoms with Crippen LogP contribution in [-0.2, 0) is 11.3 Å². The maximum Gasteiger partial charge on any atom is 0.309 e. The predicted octanol–water partition coefficient (Wildman–Crippen LogP) is 1.82. The van der Waals surface area contributed by atoms with Crippen LogP contribution in [0.3, 0.4) is 0 Å². The van der Waals surface area contributed by atoms with Crippen molar-refractivity contribution in [2.75, 3.05) is 13.1 Å². The molecule has 1 fully saturated rings. The van der Waals surface area contributed by atoms with Gasteiger partial charge >= 0.3 is 5.97 Å². The molecule has 1 aliphatic heterocycles. The Bertz CT molecular complexity index is 408. The summed E-state index contributed by atoms with van der Waals surface area (Å²) >= 11 is 0. The van der Waals surface area contributed by atoms with Crippen LogP contribution < -0.4 is 0 Å². The zero-order valence-electron chi connectivity index (χ0n) is 9.73. The number of rotatable bonds is 3. The van der Waals surface area contributed by atoms with Crippen molar-refractivity contribution in [2.45, 2.75) is 20.4 Å². The van der Waals surface area contributed by atoms with Crippen LogP contribution in [0.1, 0.15) is 16.7 Å². The van der Waals surface area contributed by atoms with Gasteiger partial charge in [-0.05, 0) is 30.5 Å². The summed E-state index contributed by atoms with van der Waals surface area (Å²) in [7, 11) is 0. The average molecular weight is 219 g/mol. The van der Waals surface area contributed by atoms with Crippen molar-refractivity contribution in [3.63, 3.8) is 0 Å². The molecule has 86 valence electrons. The molecule has 3 nitrogen and oxygen atoms in total. The number of aliphatic carboxylic acids is 1. The molecule has 16 heavy (non-hydrogen) atoms. The molecule has 2 rings (SSSR count). The lowest BCUT2D eigenvalue weighted by Crippen LogP contribution is -2.49. The predicted molar refractivity (Wildman–Crippen MR) is 62.3 cm³/mol. The molecule has 1 saturated heterocycles. The smallest absolute Gasteiger partial charge is 0.309 e. The molecule has 1 aromatic rings. The lowest BCUT2D eigenvalue weighted by Gasteiger charge is -2.36. The van der Waals surface area contributed by atoms with E-state index in [9.17, 15) is 4.79 Å². The van der Waals surface area contributed by atoms with Crippen LogP contribution in [-0.4, -0.2) is 29.1 Å². The number of nitrogens with zero attached hydrogens (tertiary/aromatic N) is 1. The van der Waals surface area contributed by atoms with Crippen LogP contribution in [0, 0.1) is 19.8 Å². The van der Waals surface area contributed by atoms with Crippen molar-refractivity contribution in [3.05, 3.63) is 34.9 Å². The van der Waals surface area contributed by atoms with Gasteiger partial charge in [0.05, 0.1) is 5.92 Å². The SMILES string of the molecule is Cc1ccc(CN2CC(C(=O)O)C2)cc1C. The summed E-state index contributed by atoms with van der Waals surface area (Å²) in [6.07, 6.45) is 0. The number of aryl methyl sites for hydroxylation is 2. The van der Waals surface area contributed by atoms with Crippen LogP contribution >= 0.6 is 0 Å². The molecule has 1 aliphatic rings. The van der Waals surface area contributed by atoms with Crippen LogP contribution in [0.4, 0.5) is 0 Å². The maximum atomic E-state index is 10.7. The molecule has 1 aromatic carbocycles. The van der Waals surface area contributed by atoms with Crippen LogP contribution in [0.25, 0.3) is 0 Å². The molecule has 0 aromatic heterocycles. The van der Waals surface area contributed by atoms with E-state index in [0.717, 1.165) is 6.54 Å². The first kappa shape index (κ1) is 11.1. The minimum absolute atomic E-state index is 0.161. The van der Waals surface area contributed by atoms with E-state index >= 15 is 0 Å². The fourth-order valence-electron chi connectivity index (χ4n) is 2.02. The molecular weight excluding hydrogens is 202 g/mol. The molecule has 1 heterocycles. The van der Waals surface area contributed by atoms with Crippen molar-refractivity contribution in [1.29, 1.82) is 0 Å². The molecular formula is C13H17NO2. The zero-order chi connectivity index (χ0) is 11.7. The van der Waals surface area contributed by atoms with E-state index in [0.29, 0.717) is 13.1 Å². The maximum absolute atomic E-state index is 10.7. The second kappa shape index (κ2) is 4.26. The molecule has 3 heteroatoms. The molecule has 0 saturated carbocycles. The van der Waals surface area contributed by atoms with E-state index in [2.05, 4.69) is 36.9 Å². The van der Waals surface area contributed by atoms with Gasteiger partial charge in [0.2, 0.25) is 0 Å². The van der Waals surface area contributed by atoms with Gasteiger partial charge in [0.15, 0.2) is 0 Å². The highest BCUT2D eigenvalue weighted by Crippen LogP contribution is 2.19. The summed E-state index contributed by atoms with van der Waals surface area (Å²) in [5, 5.41) is 8.77. The van der Waals surface area contributed by atoms with Crippen molar-refractivity contribution in [3.8, 4) is 0 Å². The number of likely N-dealkylation sites (tertiary alicyclic amines) is 1. The Morgan fingerprint density at radius 1 is 1.38 bits per heavy atom. The Balaban J connectivity index is 1.91. The standard InChI is InChI=1S/C13H17NO2/c1-9-3-4-11(5-10(9)2)6-14-7-12(8-14)13(15)16/h3-5,12H,6-8H2,1-2H3,(H,15,16). The fraction of sp³-hybridized carbons (Fsp3) is 0.462. The van der Waals surface area contributed by atoms with Gasteiger partial charge in [0.25, 0.3) is 0 Å². The third-order valence-electron chi connectivity index (χ3n) is 3.28. The third kappa shape index (κ3) is 2.25. The second-order valence-electron chi connectivity index (χ2n) is 4.65. The van der Waals surface area contributed by atoms with Gasteiger partial charge in [-0.3, -0.25) is 9.69 Å². The molecule has 0 bridgehead atoms. The van der Waals surface area contributed by atoms with E-state index in [1.807, 2.05) is 0 Å². The third-order valence-corrected chi connectivity index (χ3v) is 3.28. The highest BCUT2D eigenvalue weighted by molar-refractivity contribution is 5.71. The molecule has 0 aliphatic carbocycles. The number of carboxylic acid groups (broad SMARTS) is 1. The first-order valence-corrected chi connectivity index (χ1v) is 5.57. The van der Waals surface area contributed by atoms with E-state index < -0.39 is 5.97 Å². The van der Waals surface area contributed by atoms with Gasteiger partial charge in [0.1, 0.15) is 0 Å². The van der Waals surface area contributed by atoms with E-state index in [1.165, 1.54) is 16.7 Å². The Labute approximate surface area is 95.7 Å². The summed E-state index contributed by atoms with van der Waals surface area (Å²) in [6, 6.07) is 6.43. The van der Waals surface area contributed by atoms with Gasteiger partial charge in [-0.1, -0.05) is 18.2 Å². The van der Waals surface area contributed by atoms with Crippen LogP contribution in [0.2, 0.25) is 0 Å². The molecule has 0 unspecified atom stereocenters. The first-order chi connectivity index (χ1) is 7.56. The minimum atomic E-state index is -0.670. The van der Waals surface area contributed by atoms with Gasteiger partial charge in [0, 0.05) is 19.6 Å². The van der Waals surface area contributed by atoms with Crippen LogP contribution in [0.5, 0.6) is 0 Å². The van der Waals surface area contributed by atoms with Gasteiger partial charge < -0.3 is 5.11 Å². The number of carbonyl (C=O) groups is 1. The van der Waals surface area contributed by atoms with Crippen molar-refractivity contribution < 1.29 is 9.90 Å². The molecule has 0 spiro atoms. The number of benzene rings is 1. The van der Waals surface area contributed by atoms with Gasteiger partial charge in [-0.25, -0.2) is 0 Å². The minimum Gasteiger partial charge on any atom is -0.481 e. The first-order valence-electron chi connectivity index (χ1n) is 5.57. The van der Waals surface area contributed by atoms with Gasteiger partial charge in [-0.15, -0.1) is 0 Å². The Hall–Kier alpha value is -1.35. The second-order valence-corrected chi connectivity index (χ2v) is 4.65. The van der Waals surface area contributed by atoms with E-state index in [1.54, 1.807) is 0 Å². The van der Waals surface area contributed by atoms with E-state index in [-0.39, 0.29) is 5.92 Å². The topological polar surface area (TPSA) is 40.5 Å². The number of hydrogen-bond donors (Lipinski definition) is 1. The monoisotopic (exact) mass is 219 g/mol. The molecule has 1 N–H and O–H groups in total. The summed E-state index contributed by atoms with van der Waals surface area (Å²) in [6.45, 7) is 6.44. The fourth-order valence-corrected chi connectivity index (χ4v) is 2.02. The van der Waals surface area contributed by atoms with Crippen LogP contribution in [0.15, 0.2) is 18.2 Å². The van der Waals surface area contributed by atoms with Crippen molar-refractivity contribution >= 4 is 5.97 Å². The highest BCUT2D eigenvalue weighted by Gasteiger charge is 2.32. The average Bonchev–Trinajstić information content (AvgIpc) is 2.15. The molecule has 0 radical (unpaired) electrons. The summed E-state index contributed by atoms with van der Waals surface area (Å²) in [5.74, 6) is -0.831. The van der Waals surface area contributed by atoms with E-state index in [4.69, 9.17) is 5.11 Å². The highest BCUT2D eigenvalue weighted by atomic mass is 16.4. The summed E-state index contributed by atoms with van der Waals surface area (Å²) < 4.78 is 0. The largest absolute Gasteiger partial charge is 0.481 e. The molecule has 0 atom stereocenters. The zero-order valence-corrected chi connectivity index (χ0v) is 9.73. The Morgan fingerprint density at radius 2 is 2.06 bits per heavy atom. The van der Waals surface area contributed by atoms with Gasteiger partial charge in [-0.2, -0.15) is 0 Å². The Morgan fingerprint density at radius 3 is 2.62 bits per heavy atom. The summed E-state index contributed by atoms with van der Waals surface area (Å²) in [4.78, 5) is 12.8. The lowest BCUT2D eigenvalue weighted by molar-refractivity contribution is -0.147. The van der Waals surface area contributed by atoms with Crippen molar-refractivity contribution in [1.82, 2.24) is 4.90 Å². The van der Waals surface area contributed by atoms with Crippen molar-refractivity contribution in [2.24, 2.45) is 5.92 Å². The summed E-state index contributed by atoms with van der Waals surface area (Å²) in [5.41, 5.74) is 3.87. The Kier molecular flexibility index (Phi) is 2.97. The molecule has 0 amide bonds. The lowest BCUT2D eigenvalue weighted by atomic mass is 9.98. The normalized spacial score (nSPS) is 17.1.